The predicted octanol–water partition coefficient (Wildman–Crippen LogP) is 3.26. The van der Waals surface area contributed by atoms with Crippen molar-refractivity contribution in [3.8, 4) is 0 Å². The van der Waals surface area contributed by atoms with Gasteiger partial charge in [0.05, 0.1) is 4.92 Å². The molecule has 18 heavy (non-hydrogen) atoms. The van der Waals surface area contributed by atoms with Gasteiger partial charge in [0.15, 0.2) is 0 Å². The molecule has 0 amide bonds. The Morgan fingerprint density at radius 3 is 2.78 bits per heavy atom. The van der Waals surface area contributed by atoms with Gasteiger partial charge in [-0.15, -0.1) is 0 Å². The van der Waals surface area contributed by atoms with E-state index in [2.05, 4.69) is 5.32 Å². The molecule has 0 heterocycles. The summed E-state index contributed by atoms with van der Waals surface area (Å²) < 4.78 is 0. The fraction of sp³-hybridized carbons (Fsp3) is 0.571. The molecule has 0 aromatic heterocycles. The van der Waals surface area contributed by atoms with Crippen LogP contribution in [0, 0.1) is 16.0 Å². The third-order valence-electron chi connectivity index (χ3n) is 3.61. The summed E-state index contributed by atoms with van der Waals surface area (Å²) in [7, 11) is 0. The molecule has 1 aromatic carbocycles. The minimum Gasteiger partial charge on any atom is -0.312 e. The molecule has 1 fully saturated rings. The van der Waals surface area contributed by atoms with Crippen LogP contribution in [0.3, 0.4) is 0 Å². The van der Waals surface area contributed by atoms with Gasteiger partial charge in [-0.2, -0.15) is 0 Å². The van der Waals surface area contributed by atoms with Gasteiger partial charge in [0, 0.05) is 18.7 Å². The molecule has 0 aliphatic heterocycles. The zero-order valence-electron chi connectivity index (χ0n) is 10.6. The first-order valence-electron chi connectivity index (χ1n) is 6.70. The van der Waals surface area contributed by atoms with E-state index in [-0.39, 0.29) is 10.6 Å². The first-order chi connectivity index (χ1) is 8.75. The average Bonchev–Trinajstić information content (AvgIpc) is 2.40. The molecule has 0 bridgehead atoms. The van der Waals surface area contributed by atoms with E-state index in [1.54, 1.807) is 12.1 Å². The zero-order chi connectivity index (χ0) is 12.8. The van der Waals surface area contributed by atoms with Crippen molar-refractivity contribution in [2.45, 2.75) is 38.6 Å². The number of hydrogen-bond donors (Lipinski definition) is 1. The number of nitrogens with one attached hydrogen (secondary N) is 1. The van der Waals surface area contributed by atoms with E-state index in [0.717, 1.165) is 24.6 Å². The Labute approximate surface area is 108 Å². The second-order valence-electron chi connectivity index (χ2n) is 5.06. The molecule has 4 nitrogen and oxygen atoms in total. The van der Waals surface area contributed by atoms with Crippen LogP contribution in [-0.4, -0.2) is 11.5 Å². The van der Waals surface area contributed by atoms with Crippen molar-refractivity contribution in [1.29, 1.82) is 0 Å². The molecule has 1 aliphatic rings. The summed E-state index contributed by atoms with van der Waals surface area (Å²) in [5.74, 6) is 0.789. The van der Waals surface area contributed by atoms with E-state index >= 15 is 0 Å². The molecule has 0 unspecified atom stereocenters. The molecule has 1 aromatic rings. The van der Waals surface area contributed by atoms with Crippen molar-refractivity contribution in [2.24, 2.45) is 5.92 Å². The highest BCUT2D eigenvalue weighted by atomic mass is 16.6. The van der Waals surface area contributed by atoms with Crippen molar-refractivity contribution in [2.75, 3.05) is 6.54 Å². The third-order valence-corrected chi connectivity index (χ3v) is 3.61. The predicted molar refractivity (Wildman–Crippen MR) is 71.4 cm³/mol. The van der Waals surface area contributed by atoms with Crippen LogP contribution in [0.1, 0.15) is 37.7 Å². The van der Waals surface area contributed by atoms with Crippen molar-refractivity contribution in [1.82, 2.24) is 5.32 Å². The Bertz CT molecular complexity index is 401. The molecule has 0 saturated heterocycles. The van der Waals surface area contributed by atoms with Gasteiger partial charge in [-0.3, -0.25) is 10.1 Å². The monoisotopic (exact) mass is 248 g/mol. The van der Waals surface area contributed by atoms with Crippen LogP contribution in [0.15, 0.2) is 24.3 Å². The smallest absolute Gasteiger partial charge is 0.269 e. The number of nitro benzene ring substituents is 1. The molecule has 1 aliphatic carbocycles. The van der Waals surface area contributed by atoms with Crippen LogP contribution in [-0.2, 0) is 6.54 Å². The van der Waals surface area contributed by atoms with Crippen molar-refractivity contribution < 1.29 is 4.92 Å². The second-order valence-corrected chi connectivity index (χ2v) is 5.06. The molecular weight excluding hydrogens is 228 g/mol. The van der Waals surface area contributed by atoms with Gasteiger partial charge in [-0.05, 0) is 30.9 Å². The molecule has 2 rings (SSSR count). The van der Waals surface area contributed by atoms with Crippen LogP contribution < -0.4 is 5.32 Å². The van der Waals surface area contributed by atoms with Crippen LogP contribution in [0.4, 0.5) is 5.69 Å². The van der Waals surface area contributed by atoms with Crippen LogP contribution in [0.5, 0.6) is 0 Å². The van der Waals surface area contributed by atoms with Gasteiger partial charge in [0.1, 0.15) is 0 Å². The molecule has 1 N–H and O–H groups in total. The largest absolute Gasteiger partial charge is 0.312 e. The lowest BCUT2D eigenvalue weighted by molar-refractivity contribution is -0.384. The first-order valence-corrected chi connectivity index (χ1v) is 6.70. The Morgan fingerprint density at radius 1 is 1.28 bits per heavy atom. The highest BCUT2D eigenvalue weighted by Crippen LogP contribution is 2.22. The fourth-order valence-corrected chi connectivity index (χ4v) is 2.59. The number of nitrogens with zero attached hydrogens (tertiary/aromatic N) is 1. The highest BCUT2D eigenvalue weighted by molar-refractivity contribution is 5.34. The normalized spacial score (nSPS) is 16.7. The van der Waals surface area contributed by atoms with E-state index in [4.69, 9.17) is 0 Å². The summed E-state index contributed by atoms with van der Waals surface area (Å²) in [5, 5.41) is 14.1. The summed E-state index contributed by atoms with van der Waals surface area (Å²) in [6.07, 6.45) is 6.72. The lowest BCUT2D eigenvalue weighted by atomic mass is 9.89. The zero-order valence-corrected chi connectivity index (χ0v) is 10.6. The molecule has 4 heteroatoms. The van der Waals surface area contributed by atoms with Gasteiger partial charge in [0.25, 0.3) is 5.69 Å². The van der Waals surface area contributed by atoms with E-state index in [1.165, 1.54) is 38.2 Å². The van der Waals surface area contributed by atoms with Gasteiger partial charge in [-0.25, -0.2) is 0 Å². The lowest BCUT2D eigenvalue weighted by Gasteiger charge is -2.21. The van der Waals surface area contributed by atoms with Crippen LogP contribution >= 0.6 is 0 Å². The van der Waals surface area contributed by atoms with Crippen molar-refractivity contribution in [3.63, 3.8) is 0 Å². The quantitative estimate of drug-likeness (QED) is 0.642. The number of hydrogen-bond acceptors (Lipinski definition) is 3. The van der Waals surface area contributed by atoms with Gasteiger partial charge < -0.3 is 5.32 Å². The van der Waals surface area contributed by atoms with E-state index < -0.39 is 0 Å². The van der Waals surface area contributed by atoms with Crippen molar-refractivity contribution >= 4 is 5.69 Å². The van der Waals surface area contributed by atoms with E-state index in [1.807, 2.05) is 6.07 Å². The summed E-state index contributed by atoms with van der Waals surface area (Å²) in [6, 6.07) is 6.86. The maximum Gasteiger partial charge on any atom is 0.269 e. The molecule has 0 radical (unpaired) electrons. The lowest BCUT2D eigenvalue weighted by Crippen LogP contribution is -2.24. The minimum absolute atomic E-state index is 0.173. The molecule has 98 valence electrons. The number of non-ortho nitro benzene ring substituents is 1. The first kappa shape index (κ1) is 13.0. The van der Waals surface area contributed by atoms with Crippen LogP contribution in [0.2, 0.25) is 0 Å². The summed E-state index contributed by atoms with van der Waals surface area (Å²) in [6.45, 7) is 1.75. The second kappa shape index (κ2) is 6.50. The van der Waals surface area contributed by atoms with Gasteiger partial charge in [0.2, 0.25) is 0 Å². The molecule has 0 atom stereocenters. The highest BCUT2D eigenvalue weighted by Gasteiger charge is 2.12. The molecule has 0 spiro atoms. The Balaban J connectivity index is 1.78. The molecule has 1 saturated carbocycles. The Morgan fingerprint density at radius 2 is 2.06 bits per heavy atom. The SMILES string of the molecule is O=[N+]([O-])c1cccc(CNCC2CCCCC2)c1. The topological polar surface area (TPSA) is 55.2 Å². The fourth-order valence-electron chi connectivity index (χ4n) is 2.59. The summed E-state index contributed by atoms with van der Waals surface area (Å²) >= 11 is 0. The standard InChI is InChI=1S/C14H20N2O2/c17-16(18)14-8-4-7-13(9-14)11-15-10-12-5-2-1-3-6-12/h4,7-9,12,15H,1-3,5-6,10-11H2. The number of benzene rings is 1. The Hall–Kier alpha value is -1.42. The summed E-state index contributed by atoms with van der Waals surface area (Å²) in [5.41, 5.74) is 1.16. The number of nitro groups is 1. The maximum absolute atomic E-state index is 10.7. The maximum atomic E-state index is 10.7. The van der Waals surface area contributed by atoms with E-state index in [9.17, 15) is 10.1 Å². The van der Waals surface area contributed by atoms with E-state index in [0.29, 0.717) is 0 Å². The minimum atomic E-state index is -0.343. The van der Waals surface area contributed by atoms with Crippen LogP contribution in [0.25, 0.3) is 0 Å². The third kappa shape index (κ3) is 3.81. The number of rotatable bonds is 5. The van der Waals surface area contributed by atoms with Gasteiger partial charge in [-0.1, -0.05) is 31.4 Å². The Kier molecular flexibility index (Phi) is 4.70. The van der Waals surface area contributed by atoms with Gasteiger partial charge >= 0.3 is 0 Å². The summed E-state index contributed by atoms with van der Waals surface area (Å²) in [4.78, 5) is 10.3. The average molecular weight is 248 g/mol. The van der Waals surface area contributed by atoms with Crippen molar-refractivity contribution in [3.05, 3.63) is 39.9 Å². The molecular formula is C14H20N2O2.